The van der Waals surface area contributed by atoms with Crippen molar-refractivity contribution in [2.75, 3.05) is 13.2 Å². The Bertz CT molecular complexity index is 320. The number of carbonyl (C=O) groups excluding carboxylic acids is 1. The maximum atomic E-state index is 11.3. The number of esters is 1. The van der Waals surface area contributed by atoms with Crippen molar-refractivity contribution in [3.8, 4) is 0 Å². The van der Waals surface area contributed by atoms with Crippen molar-refractivity contribution >= 4 is 5.97 Å². The van der Waals surface area contributed by atoms with Crippen molar-refractivity contribution < 1.29 is 9.53 Å². The van der Waals surface area contributed by atoms with Crippen LogP contribution in [0.3, 0.4) is 0 Å². The summed E-state index contributed by atoms with van der Waals surface area (Å²) >= 11 is 0. The van der Waals surface area contributed by atoms with Gasteiger partial charge in [-0.05, 0) is 13.3 Å². The fourth-order valence-electron chi connectivity index (χ4n) is 1.22. The van der Waals surface area contributed by atoms with E-state index in [1.165, 1.54) is 0 Å². The van der Waals surface area contributed by atoms with Crippen LogP contribution in [0.1, 0.15) is 42.6 Å². The van der Waals surface area contributed by atoms with E-state index in [0.717, 1.165) is 6.42 Å². The lowest BCUT2D eigenvalue weighted by molar-refractivity contribution is 0.0512. The maximum Gasteiger partial charge on any atom is 0.378 e. The molecule has 15 heavy (non-hydrogen) atoms. The molecular weight excluding hydrogens is 196 g/mol. The molecule has 6 nitrogen and oxygen atoms in total. The first-order chi connectivity index (χ1) is 7.22. The van der Waals surface area contributed by atoms with Crippen LogP contribution < -0.4 is 5.73 Å². The van der Waals surface area contributed by atoms with Gasteiger partial charge in [0.15, 0.2) is 0 Å². The van der Waals surface area contributed by atoms with Gasteiger partial charge in [0.1, 0.15) is 5.82 Å². The van der Waals surface area contributed by atoms with Crippen LogP contribution in [0.15, 0.2) is 0 Å². The van der Waals surface area contributed by atoms with E-state index < -0.39 is 5.97 Å². The van der Waals surface area contributed by atoms with Crippen LogP contribution in [-0.2, 0) is 4.74 Å². The number of nitrogens with zero attached hydrogens (tertiary/aromatic N) is 2. The summed E-state index contributed by atoms with van der Waals surface area (Å²) < 4.78 is 4.77. The number of nitrogens with two attached hydrogens (primary N) is 1. The van der Waals surface area contributed by atoms with Crippen LogP contribution >= 0.6 is 0 Å². The largest absolute Gasteiger partial charge is 0.460 e. The van der Waals surface area contributed by atoms with E-state index in [0.29, 0.717) is 19.0 Å². The van der Waals surface area contributed by atoms with E-state index in [9.17, 15) is 4.79 Å². The minimum atomic E-state index is -0.508. The second-order valence-electron chi connectivity index (χ2n) is 3.11. The molecule has 0 aliphatic rings. The van der Waals surface area contributed by atoms with Gasteiger partial charge in [-0.3, -0.25) is 5.10 Å². The SMILES string of the molecule is CCOC(=O)c1n[nH]c(C(CC)CN)n1. The number of ether oxygens (including phenoxy) is 1. The zero-order chi connectivity index (χ0) is 11.3. The smallest absolute Gasteiger partial charge is 0.378 e. The Balaban J connectivity index is 2.75. The van der Waals surface area contributed by atoms with Crippen LogP contribution in [0.5, 0.6) is 0 Å². The molecule has 1 unspecified atom stereocenters. The van der Waals surface area contributed by atoms with E-state index in [4.69, 9.17) is 10.5 Å². The molecule has 0 spiro atoms. The monoisotopic (exact) mass is 212 g/mol. The lowest BCUT2D eigenvalue weighted by Crippen LogP contribution is -2.13. The molecule has 1 rings (SSSR count). The Morgan fingerprint density at radius 3 is 2.87 bits per heavy atom. The minimum Gasteiger partial charge on any atom is -0.460 e. The first-order valence-electron chi connectivity index (χ1n) is 5.02. The zero-order valence-electron chi connectivity index (χ0n) is 8.99. The second-order valence-corrected chi connectivity index (χ2v) is 3.11. The highest BCUT2D eigenvalue weighted by atomic mass is 16.5. The van der Waals surface area contributed by atoms with Gasteiger partial charge in [0, 0.05) is 12.5 Å². The van der Waals surface area contributed by atoms with E-state index in [2.05, 4.69) is 15.2 Å². The highest BCUT2D eigenvalue weighted by Crippen LogP contribution is 2.13. The summed E-state index contributed by atoms with van der Waals surface area (Å²) in [6.45, 7) is 4.54. The molecule has 1 atom stereocenters. The van der Waals surface area contributed by atoms with E-state index >= 15 is 0 Å². The van der Waals surface area contributed by atoms with Crippen molar-refractivity contribution in [2.45, 2.75) is 26.2 Å². The molecule has 0 fully saturated rings. The van der Waals surface area contributed by atoms with E-state index in [1.807, 2.05) is 6.92 Å². The summed E-state index contributed by atoms with van der Waals surface area (Å²) in [4.78, 5) is 15.3. The first-order valence-corrected chi connectivity index (χ1v) is 5.02. The summed E-state index contributed by atoms with van der Waals surface area (Å²) in [7, 11) is 0. The topological polar surface area (TPSA) is 93.9 Å². The summed E-state index contributed by atoms with van der Waals surface area (Å²) in [5.74, 6) is 0.314. The van der Waals surface area contributed by atoms with Gasteiger partial charge in [-0.15, -0.1) is 5.10 Å². The lowest BCUT2D eigenvalue weighted by atomic mass is 10.1. The highest BCUT2D eigenvalue weighted by Gasteiger charge is 2.17. The van der Waals surface area contributed by atoms with Gasteiger partial charge in [0.2, 0.25) is 0 Å². The van der Waals surface area contributed by atoms with Gasteiger partial charge in [-0.25, -0.2) is 9.78 Å². The fourth-order valence-corrected chi connectivity index (χ4v) is 1.22. The third-order valence-corrected chi connectivity index (χ3v) is 2.12. The number of hydrogen-bond donors (Lipinski definition) is 2. The number of nitrogens with one attached hydrogen (secondary N) is 1. The average Bonchev–Trinajstić information content (AvgIpc) is 2.69. The van der Waals surface area contributed by atoms with Gasteiger partial charge < -0.3 is 10.5 Å². The van der Waals surface area contributed by atoms with Gasteiger partial charge in [-0.2, -0.15) is 0 Å². The molecule has 0 radical (unpaired) electrons. The summed E-state index contributed by atoms with van der Waals surface area (Å²) in [5.41, 5.74) is 5.56. The van der Waals surface area contributed by atoms with E-state index in [-0.39, 0.29) is 11.7 Å². The van der Waals surface area contributed by atoms with Crippen LogP contribution in [0, 0.1) is 0 Å². The predicted molar refractivity (Wildman–Crippen MR) is 54.4 cm³/mol. The summed E-state index contributed by atoms with van der Waals surface area (Å²) in [5, 5.41) is 6.49. The summed E-state index contributed by atoms with van der Waals surface area (Å²) in [6.07, 6.45) is 0.855. The Hall–Kier alpha value is -1.43. The molecule has 1 aromatic rings. The number of aromatic nitrogens is 3. The molecule has 0 saturated heterocycles. The minimum absolute atomic E-state index is 0.0683. The molecule has 0 saturated carbocycles. The maximum absolute atomic E-state index is 11.3. The standard InChI is InChI=1S/C9H16N4O2/c1-3-6(5-10)7-11-8(13-12-7)9(14)15-4-2/h6H,3-5,10H2,1-2H3,(H,11,12,13). The number of rotatable bonds is 5. The van der Waals surface area contributed by atoms with Crippen molar-refractivity contribution in [1.82, 2.24) is 15.2 Å². The third-order valence-electron chi connectivity index (χ3n) is 2.12. The fraction of sp³-hybridized carbons (Fsp3) is 0.667. The molecule has 0 aromatic carbocycles. The zero-order valence-corrected chi connectivity index (χ0v) is 8.99. The number of hydrogen-bond acceptors (Lipinski definition) is 5. The third kappa shape index (κ3) is 2.76. The Morgan fingerprint density at radius 1 is 1.60 bits per heavy atom. The number of H-pyrrole nitrogens is 1. The average molecular weight is 212 g/mol. The van der Waals surface area contributed by atoms with Crippen LogP contribution in [0.2, 0.25) is 0 Å². The van der Waals surface area contributed by atoms with E-state index in [1.54, 1.807) is 6.92 Å². The summed E-state index contributed by atoms with van der Waals surface area (Å²) in [6, 6.07) is 0. The molecule has 84 valence electrons. The Kier molecular flexibility index (Phi) is 4.23. The Morgan fingerprint density at radius 2 is 2.33 bits per heavy atom. The van der Waals surface area contributed by atoms with Crippen molar-refractivity contribution in [3.63, 3.8) is 0 Å². The van der Waals surface area contributed by atoms with Crippen molar-refractivity contribution in [1.29, 1.82) is 0 Å². The molecule has 3 N–H and O–H groups in total. The molecule has 0 bridgehead atoms. The van der Waals surface area contributed by atoms with Crippen LogP contribution in [0.25, 0.3) is 0 Å². The second kappa shape index (κ2) is 5.45. The van der Waals surface area contributed by atoms with Gasteiger partial charge in [-0.1, -0.05) is 6.92 Å². The van der Waals surface area contributed by atoms with Gasteiger partial charge in [0.25, 0.3) is 5.82 Å². The number of carbonyl (C=O) groups is 1. The van der Waals surface area contributed by atoms with Crippen LogP contribution in [-0.4, -0.2) is 34.3 Å². The van der Waals surface area contributed by atoms with Gasteiger partial charge >= 0.3 is 5.97 Å². The lowest BCUT2D eigenvalue weighted by Gasteiger charge is -2.06. The highest BCUT2D eigenvalue weighted by molar-refractivity contribution is 5.84. The molecule has 0 aliphatic heterocycles. The number of aromatic amines is 1. The van der Waals surface area contributed by atoms with Crippen LogP contribution in [0.4, 0.5) is 0 Å². The van der Waals surface area contributed by atoms with Crippen molar-refractivity contribution in [3.05, 3.63) is 11.6 Å². The molecule has 0 amide bonds. The molecular formula is C9H16N4O2. The quantitative estimate of drug-likeness (QED) is 0.690. The van der Waals surface area contributed by atoms with Gasteiger partial charge in [0.05, 0.1) is 6.61 Å². The molecule has 0 aliphatic carbocycles. The molecule has 1 heterocycles. The normalized spacial score (nSPS) is 12.5. The Labute approximate surface area is 88.2 Å². The van der Waals surface area contributed by atoms with Crippen molar-refractivity contribution in [2.24, 2.45) is 5.73 Å². The predicted octanol–water partition coefficient (Wildman–Crippen LogP) is 0.434. The molecule has 6 heteroatoms. The first kappa shape index (κ1) is 11.6. The molecule has 1 aromatic heterocycles.